The van der Waals surface area contributed by atoms with Gasteiger partial charge in [0.2, 0.25) is 0 Å². The Hall–Kier alpha value is -4.61. The van der Waals surface area contributed by atoms with Crippen LogP contribution in [-0.4, -0.2) is 77.6 Å². The van der Waals surface area contributed by atoms with Crippen LogP contribution in [-0.2, 0) is 4.79 Å². The molecule has 3 unspecified atom stereocenters. The van der Waals surface area contributed by atoms with Crippen LogP contribution in [0.15, 0.2) is 73.6 Å². The number of hydrogen-bond acceptors (Lipinski definition) is 9. The van der Waals surface area contributed by atoms with E-state index in [9.17, 15) is 4.79 Å². The van der Waals surface area contributed by atoms with E-state index in [-0.39, 0.29) is 6.17 Å². The minimum Gasteiger partial charge on any atom is -0.457 e. The van der Waals surface area contributed by atoms with Crippen LogP contribution in [0.1, 0.15) is 42.7 Å². The molecule has 2 aliphatic rings. The van der Waals surface area contributed by atoms with Gasteiger partial charge in [-0.3, -0.25) is 14.6 Å². The maximum Gasteiger partial charge on any atom is 0.158 e. The van der Waals surface area contributed by atoms with Crippen LogP contribution in [0.5, 0.6) is 11.5 Å². The molecule has 0 radical (unpaired) electrons. The van der Waals surface area contributed by atoms with Gasteiger partial charge in [-0.1, -0.05) is 0 Å². The molecule has 0 amide bonds. The van der Waals surface area contributed by atoms with Gasteiger partial charge < -0.3 is 10.1 Å². The Bertz CT molecular complexity index is 1800. The van der Waals surface area contributed by atoms with Gasteiger partial charge in [-0.25, -0.2) is 19.0 Å². The molecule has 4 aromatic heterocycles. The first-order valence-electron chi connectivity index (χ1n) is 14.7. The van der Waals surface area contributed by atoms with Crippen LogP contribution in [0, 0.1) is 6.92 Å². The number of aromatic nitrogens is 6. The van der Waals surface area contributed by atoms with Crippen LogP contribution in [0.2, 0.25) is 0 Å². The normalized spacial score (nSPS) is 21.3. The van der Waals surface area contributed by atoms with Crippen molar-refractivity contribution in [1.82, 2.24) is 39.0 Å². The first-order chi connectivity index (χ1) is 21.0. The van der Waals surface area contributed by atoms with Gasteiger partial charge in [0.05, 0.1) is 6.17 Å². The number of rotatable bonds is 9. The van der Waals surface area contributed by atoms with Gasteiger partial charge >= 0.3 is 0 Å². The average molecular weight is 578 g/mol. The number of nitrogens with one attached hydrogen (secondary N) is 1. The summed E-state index contributed by atoms with van der Waals surface area (Å²) >= 11 is 0. The number of anilines is 2. The smallest absolute Gasteiger partial charge is 0.158 e. The van der Waals surface area contributed by atoms with Crippen molar-refractivity contribution in [3.63, 3.8) is 0 Å². The molecule has 11 nitrogen and oxygen atoms in total. The molecule has 0 saturated carbocycles. The van der Waals surface area contributed by atoms with E-state index in [0.717, 1.165) is 53.1 Å². The number of aryl methyl sites for hydroxylation is 1. The fourth-order valence-corrected chi connectivity index (χ4v) is 6.95. The summed E-state index contributed by atoms with van der Waals surface area (Å²) in [4.78, 5) is 24.8. The monoisotopic (exact) mass is 577 g/mol. The highest BCUT2D eigenvalue weighted by Crippen LogP contribution is 2.46. The highest BCUT2D eigenvalue weighted by Gasteiger charge is 2.44. The minimum absolute atomic E-state index is 0.121. The zero-order valence-corrected chi connectivity index (χ0v) is 24.5. The molecule has 2 bridgehead atoms. The zero-order chi connectivity index (χ0) is 29.5. The van der Waals surface area contributed by atoms with E-state index in [0.29, 0.717) is 23.8 Å². The number of aldehydes is 1. The lowest BCUT2D eigenvalue weighted by atomic mass is 9.85. The molecule has 220 valence electrons. The summed E-state index contributed by atoms with van der Waals surface area (Å²) in [6.45, 7) is 2.03. The van der Waals surface area contributed by atoms with Gasteiger partial charge in [0, 0.05) is 36.2 Å². The van der Waals surface area contributed by atoms with E-state index in [1.54, 1.807) is 16.9 Å². The SMILES string of the molecule is Cc1cc(Nc2ncnn3ccc(C4CC5CCC(C4)N5C(/C=C/C=O)N(C)C)c23)ccc1Oc1ccn2ncnc2c1. The fourth-order valence-electron chi connectivity index (χ4n) is 6.95. The first-order valence-corrected chi connectivity index (χ1v) is 14.7. The first kappa shape index (κ1) is 27.2. The zero-order valence-electron chi connectivity index (χ0n) is 24.5. The standard InChI is InChI=1S/C32H35N9O2/c1-21-15-23(6-9-28(21)43-26-10-12-39-29(18-26)33-19-35-39)37-32-31-27(11-13-40(31)36-20-34-32)22-16-24-7-8-25(17-22)41(24)30(38(2)3)5-4-14-42/h4-6,9-15,18-20,22,24-25,30H,7-8,16-17H2,1-3H3,(H,34,36,37)/b5-4+. The van der Waals surface area contributed by atoms with Gasteiger partial charge in [0.1, 0.15) is 36.0 Å². The number of allylic oxidation sites excluding steroid dienone is 1. The molecule has 2 fully saturated rings. The lowest BCUT2D eigenvalue weighted by Gasteiger charge is -2.44. The number of fused-ring (bicyclic) bond motifs is 4. The van der Waals surface area contributed by atoms with Gasteiger partial charge in [-0.05, 0) is 106 Å². The van der Waals surface area contributed by atoms with Crippen LogP contribution in [0.25, 0.3) is 11.2 Å². The Morgan fingerprint density at radius 1 is 1.00 bits per heavy atom. The molecule has 0 aliphatic carbocycles. The molecule has 6 heterocycles. The third kappa shape index (κ3) is 5.15. The van der Waals surface area contributed by atoms with E-state index < -0.39 is 0 Å². The molecule has 3 atom stereocenters. The predicted molar refractivity (Wildman–Crippen MR) is 164 cm³/mol. The molecular weight excluding hydrogens is 542 g/mol. The Morgan fingerprint density at radius 2 is 1.77 bits per heavy atom. The van der Waals surface area contributed by atoms with Crippen molar-refractivity contribution < 1.29 is 9.53 Å². The van der Waals surface area contributed by atoms with Gasteiger partial charge in [0.15, 0.2) is 11.5 Å². The largest absolute Gasteiger partial charge is 0.457 e. The number of piperidine rings is 1. The van der Waals surface area contributed by atoms with E-state index >= 15 is 0 Å². The van der Waals surface area contributed by atoms with Crippen LogP contribution in [0.4, 0.5) is 11.5 Å². The maximum absolute atomic E-state index is 11.1. The lowest BCUT2D eigenvalue weighted by molar-refractivity contribution is -0.104. The fraction of sp³-hybridized carbons (Fsp3) is 0.344. The summed E-state index contributed by atoms with van der Waals surface area (Å²) in [5.74, 6) is 2.67. The van der Waals surface area contributed by atoms with Gasteiger partial charge in [-0.2, -0.15) is 10.2 Å². The quantitative estimate of drug-likeness (QED) is 0.192. The summed E-state index contributed by atoms with van der Waals surface area (Å²) in [6, 6.07) is 12.9. The number of benzene rings is 1. The predicted octanol–water partition coefficient (Wildman–Crippen LogP) is 4.97. The Labute approximate surface area is 249 Å². The summed E-state index contributed by atoms with van der Waals surface area (Å²) in [6.07, 6.45) is 16.1. The third-order valence-corrected chi connectivity index (χ3v) is 8.83. The number of carbonyl (C=O) groups is 1. The second-order valence-corrected chi connectivity index (χ2v) is 11.7. The number of likely N-dealkylation sites (N-methyl/N-ethyl adjacent to an activating group) is 1. The van der Waals surface area contributed by atoms with Crippen LogP contribution in [0.3, 0.4) is 0 Å². The van der Waals surface area contributed by atoms with Crippen molar-refractivity contribution in [3.8, 4) is 11.5 Å². The van der Waals surface area contributed by atoms with Crippen molar-refractivity contribution >= 4 is 29.0 Å². The number of carbonyl (C=O) groups excluding carboxylic acids is 1. The highest BCUT2D eigenvalue weighted by molar-refractivity contribution is 5.77. The molecule has 11 heteroatoms. The van der Waals surface area contributed by atoms with Crippen molar-refractivity contribution in [2.75, 3.05) is 19.4 Å². The molecule has 2 aliphatic heterocycles. The summed E-state index contributed by atoms with van der Waals surface area (Å²) in [5.41, 5.74) is 4.95. The lowest BCUT2D eigenvalue weighted by Crippen LogP contribution is -2.53. The summed E-state index contributed by atoms with van der Waals surface area (Å²) < 4.78 is 9.80. The third-order valence-electron chi connectivity index (χ3n) is 8.83. The second-order valence-electron chi connectivity index (χ2n) is 11.7. The van der Waals surface area contributed by atoms with E-state index in [1.165, 1.54) is 24.7 Å². The van der Waals surface area contributed by atoms with Crippen LogP contribution >= 0.6 is 0 Å². The van der Waals surface area contributed by atoms with E-state index in [2.05, 4.69) is 61.5 Å². The topological polar surface area (TPSA) is 105 Å². The molecule has 1 N–H and O–H groups in total. The molecule has 1 aromatic carbocycles. The van der Waals surface area contributed by atoms with E-state index in [1.807, 2.05) is 54.2 Å². The average Bonchev–Trinajstić information content (AvgIpc) is 3.71. The number of hydrogen-bond donors (Lipinski definition) is 1. The summed E-state index contributed by atoms with van der Waals surface area (Å²) in [5, 5.41) is 12.2. The summed E-state index contributed by atoms with van der Waals surface area (Å²) in [7, 11) is 4.17. The molecule has 7 rings (SSSR count). The number of ether oxygens (including phenoxy) is 1. The second kappa shape index (κ2) is 11.2. The van der Waals surface area contributed by atoms with Crippen molar-refractivity contribution in [3.05, 3.63) is 84.7 Å². The molecule has 43 heavy (non-hydrogen) atoms. The van der Waals surface area contributed by atoms with Gasteiger partial charge in [-0.15, -0.1) is 0 Å². The van der Waals surface area contributed by atoms with Gasteiger partial charge in [0.25, 0.3) is 0 Å². The van der Waals surface area contributed by atoms with Crippen molar-refractivity contribution in [2.24, 2.45) is 0 Å². The van der Waals surface area contributed by atoms with Crippen LogP contribution < -0.4 is 10.1 Å². The number of nitrogens with zero attached hydrogens (tertiary/aromatic N) is 8. The minimum atomic E-state index is 0.121. The Balaban J connectivity index is 1.12. The Kier molecular flexibility index (Phi) is 7.12. The van der Waals surface area contributed by atoms with E-state index in [4.69, 9.17) is 4.74 Å². The molecular formula is C32H35N9O2. The van der Waals surface area contributed by atoms with Crippen molar-refractivity contribution in [1.29, 1.82) is 0 Å². The molecule has 0 spiro atoms. The highest BCUT2D eigenvalue weighted by atomic mass is 16.5. The number of pyridine rings is 1. The van der Waals surface area contributed by atoms with Crippen molar-refractivity contribution in [2.45, 2.75) is 56.8 Å². The maximum atomic E-state index is 11.1. The molecule has 5 aromatic rings. The molecule has 2 saturated heterocycles. The Morgan fingerprint density at radius 3 is 2.53 bits per heavy atom.